The number of nitrogens with zero attached hydrogens (tertiary/aromatic N) is 3. The smallest absolute Gasteiger partial charge is 0.287 e. The third kappa shape index (κ3) is 5.08. The molecule has 1 saturated carbocycles. The Labute approximate surface area is 198 Å². The van der Waals surface area contributed by atoms with Crippen molar-refractivity contribution in [3.8, 4) is 22.7 Å². The summed E-state index contributed by atoms with van der Waals surface area (Å²) in [7, 11) is 0. The fourth-order valence-electron chi connectivity index (χ4n) is 4.89. The van der Waals surface area contributed by atoms with Crippen molar-refractivity contribution in [3.05, 3.63) is 54.3 Å². The maximum absolute atomic E-state index is 13.5. The van der Waals surface area contributed by atoms with Crippen molar-refractivity contribution >= 4 is 5.91 Å². The van der Waals surface area contributed by atoms with Crippen molar-refractivity contribution in [3.63, 3.8) is 0 Å². The summed E-state index contributed by atoms with van der Waals surface area (Å²) >= 11 is 0. The average Bonchev–Trinajstić information content (AvgIpc) is 3.63. The largest absolute Gasteiger partial charge is 0.449 e. The number of hydrogen-bond donors (Lipinski definition) is 1. The van der Waals surface area contributed by atoms with Crippen molar-refractivity contribution in [1.29, 1.82) is 0 Å². The van der Waals surface area contributed by atoms with Crippen molar-refractivity contribution < 1.29 is 18.3 Å². The molecule has 34 heavy (non-hydrogen) atoms. The lowest BCUT2D eigenvalue weighted by molar-refractivity contribution is 0.0374. The van der Waals surface area contributed by atoms with Gasteiger partial charge in [-0.05, 0) is 62.2 Å². The van der Waals surface area contributed by atoms with E-state index in [0.29, 0.717) is 18.3 Å². The number of nitrogens with one attached hydrogen (secondary N) is 1. The summed E-state index contributed by atoms with van der Waals surface area (Å²) in [5, 5.41) is 2.96. The van der Waals surface area contributed by atoms with E-state index in [4.69, 9.17) is 9.15 Å². The van der Waals surface area contributed by atoms with Gasteiger partial charge in [-0.3, -0.25) is 9.69 Å². The molecule has 1 N–H and O–H groups in total. The van der Waals surface area contributed by atoms with Crippen molar-refractivity contribution in [2.24, 2.45) is 0 Å². The van der Waals surface area contributed by atoms with E-state index in [9.17, 15) is 9.18 Å². The summed E-state index contributed by atoms with van der Waals surface area (Å²) < 4.78 is 27.1. The van der Waals surface area contributed by atoms with Gasteiger partial charge in [0.05, 0.1) is 25.2 Å². The van der Waals surface area contributed by atoms with Crippen LogP contribution in [-0.4, -0.2) is 59.8 Å². The van der Waals surface area contributed by atoms with Gasteiger partial charge in [0, 0.05) is 31.2 Å². The van der Waals surface area contributed by atoms with Crippen molar-refractivity contribution in [2.75, 3.05) is 39.4 Å². The standard InChI is InChI=1S/C26H31FN4O3/c27-20-8-6-19(7-9-20)24-25(31(18-29-24)21-4-1-2-5-21)22-10-11-23(34-22)26(32)28-12-3-13-30-14-16-33-17-15-30/h6-11,18,21H,1-5,12-17H2,(H,28,32). The van der Waals surface area contributed by atoms with Gasteiger partial charge < -0.3 is 19.0 Å². The Balaban J connectivity index is 1.31. The predicted octanol–water partition coefficient (Wildman–Crippen LogP) is 4.52. The number of carbonyl (C=O) groups excluding carboxylic acids is 1. The van der Waals surface area contributed by atoms with Crippen LogP contribution in [0.2, 0.25) is 0 Å². The summed E-state index contributed by atoms with van der Waals surface area (Å²) in [6.45, 7) is 4.97. The maximum atomic E-state index is 13.5. The molecule has 2 fully saturated rings. The fraction of sp³-hybridized carbons (Fsp3) is 0.462. The van der Waals surface area contributed by atoms with E-state index in [1.165, 1.54) is 25.0 Å². The van der Waals surface area contributed by atoms with E-state index in [1.807, 2.05) is 12.4 Å². The van der Waals surface area contributed by atoms with Gasteiger partial charge in [-0.15, -0.1) is 0 Å². The number of carbonyl (C=O) groups is 1. The van der Waals surface area contributed by atoms with Crippen molar-refractivity contribution in [2.45, 2.75) is 38.1 Å². The number of morpholine rings is 1. The first-order valence-corrected chi connectivity index (χ1v) is 12.2. The molecule has 180 valence electrons. The number of ether oxygens (including phenoxy) is 1. The minimum absolute atomic E-state index is 0.219. The Kier molecular flexibility index (Phi) is 7.06. The number of rotatable bonds is 8. The van der Waals surface area contributed by atoms with Gasteiger partial charge in [-0.2, -0.15) is 0 Å². The van der Waals surface area contributed by atoms with Gasteiger partial charge in [0.15, 0.2) is 11.5 Å². The molecule has 3 aromatic rings. The van der Waals surface area contributed by atoms with Crippen LogP contribution in [0.25, 0.3) is 22.7 Å². The summed E-state index contributed by atoms with van der Waals surface area (Å²) in [5.41, 5.74) is 2.39. The van der Waals surface area contributed by atoms with Crippen LogP contribution in [0.1, 0.15) is 48.7 Å². The number of hydrogen-bond acceptors (Lipinski definition) is 5. The molecule has 1 aromatic carbocycles. The van der Waals surface area contributed by atoms with Gasteiger partial charge in [0.25, 0.3) is 5.91 Å². The molecule has 1 aliphatic heterocycles. The molecule has 0 spiro atoms. The van der Waals surface area contributed by atoms with Crippen LogP contribution in [0.15, 0.2) is 47.1 Å². The molecule has 1 amide bonds. The SMILES string of the molecule is O=C(NCCCN1CCOCC1)c1ccc(-c2c(-c3ccc(F)cc3)ncn2C2CCCC2)o1. The lowest BCUT2D eigenvalue weighted by atomic mass is 10.1. The highest BCUT2D eigenvalue weighted by molar-refractivity contribution is 5.92. The Morgan fingerprint density at radius 3 is 2.62 bits per heavy atom. The van der Waals surface area contributed by atoms with E-state index < -0.39 is 0 Å². The van der Waals surface area contributed by atoms with E-state index in [-0.39, 0.29) is 17.5 Å². The Morgan fingerprint density at radius 1 is 1.09 bits per heavy atom. The number of benzene rings is 1. The van der Waals surface area contributed by atoms with Crippen LogP contribution >= 0.6 is 0 Å². The van der Waals surface area contributed by atoms with E-state index >= 15 is 0 Å². The third-order valence-corrected chi connectivity index (χ3v) is 6.73. The Bertz CT molecular complexity index is 1100. The van der Waals surface area contributed by atoms with Gasteiger partial charge in [0.1, 0.15) is 11.5 Å². The zero-order chi connectivity index (χ0) is 23.3. The predicted molar refractivity (Wildman–Crippen MR) is 127 cm³/mol. The molecule has 1 aliphatic carbocycles. The van der Waals surface area contributed by atoms with Gasteiger partial charge in [-0.25, -0.2) is 9.37 Å². The molecular formula is C26H31FN4O3. The van der Waals surface area contributed by atoms with E-state index in [1.54, 1.807) is 18.2 Å². The van der Waals surface area contributed by atoms with Crippen molar-refractivity contribution in [1.82, 2.24) is 19.8 Å². The monoisotopic (exact) mass is 466 g/mol. The number of halogens is 1. The summed E-state index contributed by atoms with van der Waals surface area (Å²) in [6.07, 6.45) is 7.27. The molecular weight excluding hydrogens is 435 g/mol. The Morgan fingerprint density at radius 2 is 1.85 bits per heavy atom. The van der Waals surface area contributed by atoms with Crippen LogP contribution in [-0.2, 0) is 4.74 Å². The summed E-state index contributed by atoms with van der Waals surface area (Å²) in [5.74, 6) is 0.377. The van der Waals surface area contributed by atoms with Crippen LogP contribution in [0.5, 0.6) is 0 Å². The van der Waals surface area contributed by atoms with E-state index in [2.05, 4.69) is 19.8 Å². The lowest BCUT2D eigenvalue weighted by Crippen LogP contribution is -2.38. The summed E-state index contributed by atoms with van der Waals surface area (Å²) in [6, 6.07) is 10.2. The minimum Gasteiger partial charge on any atom is -0.449 e. The second-order valence-corrected chi connectivity index (χ2v) is 9.02. The van der Waals surface area contributed by atoms with Crippen LogP contribution in [0.4, 0.5) is 4.39 Å². The first kappa shape index (κ1) is 22.8. The molecule has 1 saturated heterocycles. The average molecular weight is 467 g/mol. The van der Waals surface area contributed by atoms with Crippen LogP contribution in [0, 0.1) is 5.82 Å². The first-order valence-electron chi connectivity index (χ1n) is 12.2. The summed E-state index contributed by atoms with van der Waals surface area (Å²) in [4.78, 5) is 19.7. The number of amides is 1. The molecule has 5 rings (SSSR count). The molecule has 2 aromatic heterocycles. The zero-order valence-electron chi connectivity index (χ0n) is 19.3. The molecule has 0 radical (unpaired) electrons. The molecule has 3 heterocycles. The highest BCUT2D eigenvalue weighted by Gasteiger charge is 2.26. The highest BCUT2D eigenvalue weighted by atomic mass is 19.1. The third-order valence-electron chi connectivity index (χ3n) is 6.73. The second-order valence-electron chi connectivity index (χ2n) is 9.02. The quantitative estimate of drug-likeness (QED) is 0.495. The zero-order valence-corrected chi connectivity index (χ0v) is 19.3. The first-order chi connectivity index (χ1) is 16.7. The van der Waals surface area contributed by atoms with Crippen LogP contribution < -0.4 is 5.32 Å². The van der Waals surface area contributed by atoms with Gasteiger partial charge >= 0.3 is 0 Å². The normalized spacial score (nSPS) is 17.3. The van der Waals surface area contributed by atoms with Gasteiger partial charge in [0.2, 0.25) is 0 Å². The maximum Gasteiger partial charge on any atom is 0.287 e. The molecule has 2 aliphatic rings. The highest BCUT2D eigenvalue weighted by Crippen LogP contribution is 2.39. The number of furan rings is 1. The number of imidazole rings is 1. The number of aromatic nitrogens is 2. The molecule has 7 nitrogen and oxygen atoms in total. The minimum atomic E-state index is -0.286. The van der Waals surface area contributed by atoms with E-state index in [0.717, 1.165) is 69.1 Å². The van der Waals surface area contributed by atoms with Crippen LogP contribution in [0.3, 0.4) is 0 Å². The van der Waals surface area contributed by atoms with Gasteiger partial charge in [-0.1, -0.05) is 12.8 Å². The lowest BCUT2D eigenvalue weighted by Gasteiger charge is -2.26. The molecule has 0 unspecified atom stereocenters. The molecule has 0 bridgehead atoms. The Hall–Kier alpha value is -2.97. The molecule has 0 atom stereocenters. The topological polar surface area (TPSA) is 72.5 Å². The fourth-order valence-corrected chi connectivity index (χ4v) is 4.89. The molecule has 8 heteroatoms. The second kappa shape index (κ2) is 10.5.